The van der Waals surface area contributed by atoms with Gasteiger partial charge in [0.05, 0.1) is 22.9 Å². The monoisotopic (exact) mass is 565 g/mol. The van der Waals surface area contributed by atoms with Crippen molar-refractivity contribution in [1.29, 1.82) is 5.26 Å². The molecule has 3 aromatic rings. The van der Waals surface area contributed by atoms with Crippen LogP contribution in [-0.2, 0) is 21.2 Å². The van der Waals surface area contributed by atoms with Crippen molar-refractivity contribution >= 4 is 27.6 Å². The molecule has 3 aromatic carbocycles. The number of carboxylic acid groups (broad SMARTS) is 1. The van der Waals surface area contributed by atoms with Gasteiger partial charge < -0.3 is 15.2 Å². The number of hydrogen-bond acceptors (Lipinski definition) is 6. The van der Waals surface area contributed by atoms with E-state index < -0.39 is 74.8 Å². The SMILES string of the molecule is CC(NC(=O)CS(=O)(=O)Nc1c(F)c(F)c(F)c(F)c1Cc1ccccc1C#N)Oc1ccc(C(=O)O)cc1. The van der Waals surface area contributed by atoms with Gasteiger partial charge in [0.15, 0.2) is 29.5 Å². The van der Waals surface area contributed by atoms with Gasteiger partial charge in [0, 0.05) is 12.0 Å². The summed E-state index contributed by atoms with van der Waals surface area (Å²) in [6, 6.07) is 12.5. The first-order valence-corrected chi connectivity index (χ1v) is 12.6. The summed E-state index contributed by atoms with van der Waals surface area (Å²) in [5.41, 5.74) is -2.12. The molecule has 0 aliphatic rings. The molecule has 0 aromatic heterocycles. The molecule has 0 aliphatic heterocycles. The van der Waals surface area contributed by atoms with Gasteiger partial charge >= 0.3 is 5.97 Å². The van der Waals surface area contributed by atoms with Crippen molar-refractivity contribution in [2.45, 2.75) is 19.6 Å². The molecule has 0 radical (unpaired) electrons. The number of hydrogen-bond donors (Lipinski definition) is 3. The third-order valence-corrected chi connectivity index (χ3v) is 6.38. The van der Waals surface area contributed by atoms with Crippen LogP contribution in [0.25, 0.3) is 0 Å². The fourth-order valence-corrected chi connectivity index (χ4v) is 4.49. The highest BCUT2D eigenvalue weighted by molar-refractivity contribution is 7.93. The van der Waals surface area contributed by atoms with Crippen molar-refractivity contribution in [2.24, 2.45) is 0 Å². The molecule has 14 heteroatoms. The summed E-state index contributed by atoms with van der Waals surface area (Å²) < 4.78 is 89.5. The van der Waals surface area contributed by atoms with E-state index in [0.29, 0.717) is 0 Å². The maximum Gasteiger partial charge on any atom is 0.335 e. The van der Waals surface area contributed by atoms with E-state index >= 15 is 0 Å². The fraction of sp³-hybridized carbons (Fsp3) is 0.160. The van der Waals surface area contributed by atoms with Crippen LogP contribution in [0.4, 0.5) is 23.2 Å². The van der Waals surface area contributed by atoms with Crippen LogP contribution < -0.4 is 14.8 Å². The van der Waals surface area contributed by atoms with Crippen LogP contribution in [0.3, 0.4) is 0 Å². The molecule has 0 bridgehead atoms. The van der Waals surface area contributed by atoms with Gasteiger partial charge in [-0.15, -0.1) is 0 Å². The minimum atomic E-state index is -4.81. The molecule has 3 rings (SSSR count). The number of benzene rings is 3. The second kappa shape index (κ2) is 11.8. The summed E-state index contributed by atoms with van der Waals surface area (Å²) in [5.74, 6) is -11.9. The smallest absolute Gasteiger partial charge is 0.335 e. The summed E-state index contributed by atoms with van der Waals surface area (Å²) in [6.07, 6.45) is -1.79. The lowest BCUT2D eigenvalue weighted by Crippen LogP contribution is -2.41. The number of ether oxygens (including phenoxy) is 1. The molecule has 1 amide bonds. The first-order valence-electron chi connectivity index (χ1n) is 11.0. The van der Waals surface area contributed by atoms with Crippen LogP contribution in [0.5, 0.6) is 5.75 Å². The third kappa shape index (κ3) is 7.02. The predicted octanol–water partition coefficient (Wildman–Crippen LogP) is 3.69. The molecule has 1 unspecified atom stereocenters. The number of nitriles is 1. The highest BCUT2D eigenvalue weighted by Crippen LogP contribution is 2.32. The summed E-state index contributed by atoms with van der Waals surface area (Å²) in [5, 5.41) is 20.3. The Hall–Kier alpha value is -4.64. The first-order chi connectivity index (χ1) is 18.3. The number of halogens is 4. The second-order valence-corrected chi connectivity index (χ2v) is 9.80. The van der Waals surface area contributed by atoms with E-state index in [2.05, 4.69) is 5.32 Å². The number of aromatic carboxylic acids is 1. The van der Waals surface area contributed by atoms with Crippen molar-refractivity contribution < 1.29 is 45.4 Å². The van der Waals surface area contributed by atoms with E-state index in [1.807, 2.05) is 0 Å². The third-order valence-electron chi connectivity index (χ3n) is 5.23. The van der Waals surface area contributed by atoms with E-state index in [-0.39, 0.29) is 22.4 Å². The summed E-state index contributed by atoms with van der Waals surface area (Å²) >= 11 is 0. The van der Waals surface area contributed by atoms with E-state index in [1.165, 1.54) is 55.5 Å². The molecule has 0 aliphatic carbocycles. The molecule has 0 spiro atoms. The number of carbonyl (C=O) groups excluding carboxylic acids is 1. The summed E-state index contributed by atoms with van der Waals surface area (Å²) in [7, 11) is -4.81. The number of carbonyl (C=O) groups is 2. The van der Waals surface area contributed by atoms with Crippen LogP contribution in [0.2, 0.25) is 0 Å². The van der Waals surface area contributed by atoms with Crippen LogP contribution in [0.15, 0.2) is 48.5 Å². The summed E-state index contributed by atoms with van der Waals surface area (Å²) in [6.45, 7) is 1.33. The average molecular weight is 566 g/mol. The highest BCUT2D eigenvalue weighted by Gasteiger charge is 2.29. The minimum Gasteiger partial charge on any atom is -0.478 e. The summed E-state index contributed by atoms with van der Waals surface area (Å²) in [4.78, 5) is 23.2. The zero-order valence-electron chi connectivity index (χ0n) is 20.0. The maximum atomic E-state index is 14.7. The lowest BCUT2D eigenvalue weighted by molar-refractivity contribution is -0.120. The number of carboxylic acids is 1. The van der Waals surface area contributed by atoms with E-state index in [9.17, 15) is 40.8 Å². The predicted molar refractivity (Wildman–Crippen MR) is 129 cm³/mol. The molecule has 3 N–H and O–H groups in total. The van der Waals surface area contributed by atoms with Gasteiger partial charge in [-0.05, 0) is 42.8 Å². The number of nitrogens with one attached hydrogen (secondary N) is 2. The van der Waals surface area contributed by atoms with E-state index in [4.69, 9.17) is 9.84 Å². The van der Waals surface area contributed by atoms with Gasteiger partial charge in [-0.2, -0.15) is 5.26 Å². The number of rotatable bonds is 10. The van der Waals surface area contributed by atoms with Crippen LogP contribution in [0.1, 0.15) is 34.0 Å². The Morgan fingerprint density at radius 1 is 1.00 bits per heavy atom. The van der Waals surface area contributed by atoms with Gasteiger partial charge in [0.2, 0.25) is 15.9 Å². The number of sulfonamides is 1. The van der Waals surface area contributed by atoms with Crippen molar-refractivity contribution in [1.82, 2.24) is 5.32 Å². The molecule has 39 heavy (non-hydrogen) atoms. The van der Waals surface area contributed by atoms with Gasteiger partial charge in [-0.3, -0.25) is 9.52 Å². The largest absolute Gasteiger partial charge is 0.478 e. The van der Waals surface area contributed by atoms with Crippen molar-refractivity contribution in [3.63, 3.8) is 0 Å². The van der Waals surface area contributed by atoms with Gasteiger partial charge in [0.25, 0.3) is 0 Å². The van der Waals surface area contributed by atoms with Crippen LogP contribution in [-0.4, -0.2) is 37.4 Å². The van der Waals surface area contributed by atoms with Gasteiger partial charge in [-0.25, -0.2) is 30.8 Å². The molecule has 0 saturated carbocycles. The zero-order chi connectivity index (χ0) is 28.9. The first kappa shape index (κ1) is 28.9. The molecule has 1 atom stereocenters. The van der Waals surface area contributed by atoms with Crippen molar-refractivity contribution in [3.05, 3.63) is 94.1 Å². The molecule has 9 nitrogen and oxygen atoms in total. The molecule has 0 fully saturated rings. The van der Waals surface area contributed by atoms with E-state index in [1.54, 1.807) is 10.8 Å². The highest BCUT2D eigenvalue weighted by atomic mass is 32.2. The lowest BCUT2D eigenvalue weighted by Gasteiger charge is -2.18. The Kier molecular flexibility index (Phi) is 8.77. The number of amides is 1. The van der Waals surface area contributed by atoms with Crippen molar-refractivity contribution in [3.8, 4) is 11.8 Å². The maximum absolute atomic E-state index is 14.7. The Bertz CT molecular complexity index is 1570. The lowest BCUT2D eigenvalue weighted by atomic mass is 9.98. The average Bonchev–Trinajstić information content (AvgIpc) is 2.88. The van der Waals surface area contributed by atoms with Crippen LogP contribution >= 0.6 is 0 Å². The molecular weight excluding hydrogens is 546 g/mol. The molecule has 0 saturated heterocycles. The van der Waals surface area contributed by atoms with Gasteiger partial charge in [0.1, 0.15) is 11.5 Å². The van der Waals surface area contributed by atoms with Gasteiger partial charge in [-0.1, -0.05) is 18.2 Å². The number of nitrogens with zero attached hydrogens (tertiary/aromatic N) is 1. The zero-order valence-corrected chi connectivity index (χ0v) is 20.8. The molecule has 0 heterocycles. The Morgan fingerprint density at radius 3 is 2.23 bits per heavy atom. The fourth-order valence-electron chi connectivity index (χ4n) is 3.47. The molecular formula is C25H19F4N3O6S. The van der Waals surface area contributed by atoms with E-state index in [0.717, 1.165) is 0 Å². The normalized spacial score (nSPS) is 11.8. The Balaban J connectivity index is 1.79. The number of anilines is 1. The Labute approximate surface area is 219 Å². The molecule has 204 valence electrons. The Morgan fingerprint density at radius 2 is 1.62 bits per heavy atom. The second-order valence-electron chi connectivity index (χ2n) is 8.07. The standard InChI is InChI=1S/C25H19F4N3O6S/c1-13(38-17-8-6-14(7-9-17)25(34)35)31-19(33)12-39(36,37)32-24-18(20(26)21(27)22(28)23(24)29)10-15-4-2-3-5-16(15)11-30/h2-9,13,32H,10,12H2,1H3,(H,31,33)(H,34,35). The van der Waals surface area contributed by atoms with Crippen molar-refractivity contribution in [2.75, 3.05) is 10.5 Å². The quantitative estimate of drug-likeness (QED) is 0.147. The minimum absolute atomic E-state index is 0.00168. The topological polar surface area (TPSA) is 146 Å². The van der Waals surface area contributed by atoms with Crippen LogP contribution in [0, 0.1) is 34.6 Å².